The summed E-state index contributed by atoms with van der Waals surface area (Å²) in [6.45, 7) is 6.64. The third kappa shape index (κ3) is 4.84. The smallest absolute Gasteiger partial charge is 0.191 e. The van der Waals surface area contributed by atoms with Gasteiger partial charge in [0.05, 0.1) is 19.3 Å². The largest absolute Gasteiger partial charge is 0.383 e. The molecule has 1 atom stereocenters. The maximum atomic E-state index is 10.8. The standard InChI is InChI=1S/C21H32N6O/c1-5-22-20(24-15-21(2,28)18-13-25-27(4)14-18)23-12-16-8-9-19-17(11-16)7-6-10-26(19)3/h8-9,11,13-14,28H,5-7,10,12,15H2,1-4H3,(H2,22,23,24). The molecule has 0 spiro atoms. The van der Waals surface area contributed by atoms with Gasteiger partial charge in [0, 0.05) is 44.6 Å². The lowest BCUT2D eigenvalue weighted by atomic mass is 9.99. The van der Waals surface area contributed by atoms with Crippen molar-refractivity contribution in [2.24, 2.45) is 12.0 Å². The van der Waals surface area contributed by atoms with E-state index in [1.807, 2.05) is 20.2 Å². The Labute approximate surface area is 167 Å². The number of aliphatic imine (C=N–C) groups is 1. The van der Waals surface area contributed by atoms with Gasteiger partial charge in [0.2, 0.25) is 0 Å². The first kappa shape index (κ1) is 20.2. The maximum Gasteiger partial charge on any atom is 0.191 e. The molecule has 0 fully saturated rings. The molecule has 1 aromatic heterocycles. The van der Waals surface area contributed by atoms with E-state index in [2.05, 4.69) is 45.9 Å². The van der Waals surface area contributed by atoms with Crippen LogP contribution in [0.15, 0.2) is 35.6 Å². The lowest BCUT2D eigenvalue weighted by molar-refractivity contribution is 0.0616. The van der Waals surface area contributed by atoms with Gasteiger partial charge in [-0.25, -0.2) is 4.99 Å². The number of fused-ring (bicyclic) bond motifs is 1. The predicted octanol–water partition coefficient (Wildman–Crippen LogP) is 1.77. The minimum Gasteiger partial charge on any atom is -0.383 e. The maximum absolute atomic E-state index is 10.8. The second-order valence-corrected chi connectivity index (χ2v) is 7.71. The molecule has 0 saturated heterocycles. The van der Waals surface area contributed by atoms with Gasteiger partial charge in [-0.3, -0.25) is 4.68 Å². The highest BCUT2D eigenvalue weighted by Crippen LogP contribution is 2.27. The van der Waals surface area contributed by atoms with Crippen LogP contribution in [0, 0.1) is 0 Å². The third-order valence-corrected chi connectivity index (χ3v) is 5.19. The minimum atomic E-state index is -1.03. The van der Waals surface area contributed by atoms with Crippen molar-refractivity contribution in [2.75, 3.05) is 31.6 Å². The zero-order valence-corrected chi connectivity index (χ0v) is 17.4. The Morgan fingerprint density at radius 2 is 2.14 bits per heavy atom. The summed E-state index contributed by atoms with van der Waals surface area (Å²) in [6.07, 6.45) is 5.85. The summed E-state index contributed by atoms with van der Waals surface area (Å²) < 4.78 is 1.69. The van der Waals surface area contributed by atoms with Crippen molar-refractivity contribution in [3.8, 4) is 0 Å². The summed E-state index contributed by atoms with van der Waals surface area (Å²) in [7, 11) is 3.99. The highest BCUT2D eigenvalue weighted by molar-refractivity contribution is 5.79. The molecule has 0 radical (unpaired) electrons. The summed E-state index contributed by atoms with van der Waals surface area (Å²) in [6, 6.07) is 6.62. The number of nitrogens with one attached hydrogen (secondary N) is 2. The molecule has 152 valence electrons. The van der Waals surface area contributed by atoms with Gasteiger partial charge >= 0.3 is 0 Å². The molecule has 2 heterocycles. The fourth-order valence-electron chi connectivity index (χ4n) is 3.51. The number of guanidine groups is 1. The summed E-state index contributed by atoms with van der Waals surface area (Å²) in [5.74, 6) is 0.696. The van der Waals surface area contributed by atoms with Gasteiger partial charge in [0.15, 0.2) is 5.96 Å². The molecule has 3 rings (SSSR count). The van der Waals surface area contributed by atoms with Gasteiger partial charge in [-0.15, -0.1) is 0 Å². The number of benzene rings is 1. The summed E-state index contributed by atoms with van der Waals surface area (Å²) in [5.41, 5.74) is 3.68. The molecule has 0 bridgehead atoms. The zero-order valence-electron chi connectivity index (χ0n) is 17.4. The topological polar surface area (TPSA) is 77.7 Å². The molecule has 1 aromatic carbocycles. The van der Waals surface area contributed by atoms with Gasteiger partial charge in [0.25, 0.3) is 0 Å². The lowest BCUT2D eigenvalue weighted by Crippen LogP contribution is -2.44. The van der Waals surface area contributed by atoms with Gasteiger partial charge in [-0.05, 0) is 43.9 Å². The van der Waals surface area contributed by atoms with Crippen LogP contribution in [0.4, 0.5) is 5.69 Å². The highest BCUT2D eigenvalue weighted by atomic mass is 16.3. The monoisotopic (exact) mass is 384 g/mol. The molecule has 0 aliphatic carbocycles. The molecule has 2 aromatic rings. The SMILES string of the molecule is CCNC(=NCc1ccc2c(c1)CCCN2C)NCC(C)(O)c1cnn(C)c1. The number of nitrogens with zero attached hydrogens (tertiary/aromatic N) is 4. The molecule has 7 nitrogen and oxygen atoms in total. The Kier molecular flexibility index (Phi) is 6.24. The van der Waals surface area contributed by atoms with E-state index in [4.69, 9.17) is 4.99 Å². The second-order valence-electron chi connectivity index (χ2n) is 7.71. The number of hydrogen-bond donors (Lipinski definition) is 3. The van der Waals surface area contributed by atoms with Crippen LogP contribution < -0.4 is 15.5 Å². The van der Waals surface area contributed by atoms with Crippen molar-refractivity contribution in [1.29, 1.82) is 0 Å². The predicted molar refractivity (Wildman–Crippen MR) is 114 cm³/mol. The van der Waals surface area contributed by atoms with Crippen molar-refractivity contribution in [3.63, 3.8) is 0 Å². The van der Waals surface area contributed by atoms with Crippen molar-refractivity contribution in [3.05, 3.63) is 47.3 Å². The lowest BCUT2D eigenvalue weighted by Gasteiger charge is -2.27. The van der Waals surface area contributed by atoms with Crippen molar-refractivity contribution < 1.29 is 5.11 Å². The van der Waals surface area contributed by atoms with Crippen LogP contribution in [0.2, 0.25) is 0 Å². The van der Waals surface area contributed by atoms with Crippen molar-refractivity contribution >= 4 is 11.6 Å². The summed E-state index contributed by atoms with van der Waals surface area (Å²) in [5, 5.41) is 21.4. The Bertz CT molecular complexity index is 826. The number of aliphatic hydroxyl groups is 1. The van der Waals surface area contributed by atoms with Crippen LogP contribution in [0.1, 0.15) is 37.0 Å². The minimum absolute atomic E-state index is 0.347. The van der Waals surface area contributed by atoms with Gasteiger partial charge < -0.3 is 20.6 Å². The first-order valence-corrected chi connectivity index (χ1v) is 9.95. The molecular weight excluding hydrogens is 352 g/mol. The fourth-order valence-corrected chi connectivity index (χ4v) is 3.51. The van der Waals surface area contributed by atoms with Gasteiger partial charge in [-0.2, -0.15) is 5.10 Å². The van der Waals surface area contributed by atoms with Crippen LogP contribution in [0.3, 0.4) is 0 Å². The van der Waals surface area contributed by atoms with Crippen LogP contribution in [0.5, 0.6) is 0 Å². The van der Waals surface area contributed by atoms with E-state index in [0.717, 1.165) is 25.1 Å². The molecule has 1 unspecified atom stereocenters. The van der Waals surface area contributed by atoms with Crippen LogP contribution in [0.25, 0.3) is 0 Å². The molecular formula is C21H32N6O. The first-order valence-electron chi connectivity index (χ1n) is 9.95. The van der Waals surface area contributed by atoms with E-state index in [-0.39, 0.29) is 0 Å². The van der Waals surface area contributed by atoms with E-state index < -0.39 is 5.60 Å². The van der Waals surface area contributed by atoms with E-state index in [1.54, 1.807) is 17.8 Å². The van der Waals surface area contributed by atoms with E-state index in [1.165, 1.54) is 23.2 Å². The number of aromatic nitrogens is 2. The number of hydrogen-bond acceptors (Lipinski definition) is 4. The molecule has 0 amide bonds. The average molecular weight is 385 g/mol. The van der Waals surface area contributed by atoms with Crippen LogP contribution in [-0.2, 0) is 25.6 Å². The second kappa shape index (κ2) is 8.65. The zero-order chi connectivity index (χ0) is 20.1. The highest BCUT2D eigenvalue weighted by Gasteiger charge is 2.25. The summed E-state index contributed by atoms with van der Waals surface area (Å²) in [4.78, 5) is 7.02. The molecule has 1 aliphatic rings. The molecule has 28 heavy (non-hydrogen) atoms. The van der Waals surface area contributed by atoms with Crippen molar-refractivity contribution in [2.45, 2.75) is 38.8 Å². The number of rotatable bonds is 6. The third-order valence-electron chi connectivity index (χ3n) is 5.19. The Hall–Kier alpha value is -2.54. The van der Waals surface area contributed by atoms with Gasteiger partial charge in [-0.1, -0.05) is 12.1 Å². The Morgan fingerprint density at radius 1 is 1.32 bits per heavy atom. The van der Waals surface area contributed by atoms with E-state index in [0.29, 0.717) is 19.0 Å². The van der Waals surface area contributed by atoms with Crippen LogP contribution in [-0.4, -0.2) is 47.5 Å². The Balaban J connectivity index is 1.66. The Morgan fingerprint density at radius 3 is 2.86 bits per heavy atom. The van der Waals surface area contributed by atoms with Crippen molar-refractivity contribution in [1.82, 2.24) is 20.4 Å². The average Bonchev–Trinajstić information content (AvgIpc) is 3.11. The fraction of sp³-hybridized carbons (Fsp3) is 0.524. The quantitative estimate of drug-likeness (QED) is 0.523. The first-order chi connectivity index (χ1) is 13.4. The molecule has 0 saturated carbocycles. The number of aryl methyl sites for hydroxylation is 2. The molecule has 3 N–H and O–H groups in total. The van der Waals surface area contributed by atoms with E-state index >= 15 is 0 Å². The van der Waals surface area contributed by atoms with E-state index in [9.17, 15) is 5.11 Å². The number of anilines is 1. The van der Waals surface area contributed by atoms with Crippen LogP contribution >= 0.6 is 0 Å². The normalized spacial score (nSPS) is 16.5. The summed E-state index contributed by atoms with van der Waals surface area (Å²) >= 11 is 0. The molecule has 7 heteroatoms. The van der Waals surface area contributed by atoms with Gasteiger partial charge in [0.1, 0.15) is 5.60 Å². The molecule has 1 aliphatic heterocycles.